The molecule has 0 saturated carbocycles. The fourth-order valence-corrected chi connectivity index (χ4v) is 5.52. The molecule has 3 rings (SSSR count). The molecule has 0 radical (unpaired) electrons. The van der Waals surface area contributed by atoms with Gasteiger partial charge in [-0.25, -0.2) is 0 Å². The SMILES string of the molecule is CCCC(CCC)(Oc1ccccc1)c1cccc(O)c1C(CCC)(CCC)Oc1ccccc1. The van der Waals surface area contributed by atoms with Crippen LogP contribution < -0.4 is 9.47 Å². The summed E-state index contributed by atoms with van der Waals surface area (Å²) in [4.78, 5) is 0. The van der Waals surface area contributed by atoms with Crippen molar-refractivity contribution < 1.29 is 14.6 Å². The zero-order chi connectivity index (χ0) is 25.2. The van der Waals surface area contributed by atoms with E-state index in [1.165, 1.54) is 0 Å². The maximum absolute atomic E-state index is 11.5. The Bertz CT molecular complexity index is 1000. The predicted molar refractivity (Wildman–Crippen MR) is 145 cm³/mol. The van der Waals surface area contributed by atoms with Gasteiger partial charge in [0.15, 0.2) is 0 Å². The van der Waals surface area contributed by atoms with Gasteiger partial charge in [0.2, 0.25) is 0 Å². The van der Waals surface area contributed by atoms with Gasteiger partial charge < -0.3 is 14.6 Å². The number of ether oxygens (including phenoxy) is 2. The van der Waals surface area contributed by atoms with Crippen molar-refractivity contribution in [2.24, 2.45) is 0 Å². The zero-order valence-corrected chi connectivity index (χ0v) is 21.9. The average Bonchev–Trinajstić information content (AvgIpc) is 2.85. The van der Waals surface area contributed by atoms with Crippen LogP contribution >= 0.6 is 0 Å². The standard InChI is InChI=1S/C32H42O3/c1-5-22-31(23-6-2,34-26-16-11-9-12-17-26)28-20-15-21-29(33)30(28)32(24-7-3,25-8-4)35-27-18-13-10-14-19-27/h9-21,33H,5-8,22-25H2,1-4H3. The summed E-state index contributed by atoms with van der Waals surface area (Å²) in [5.74, 6) is 1.96. The third-order valence-corrected chi connectivity index (χ3v) is 6.72. The van der Waals surface area contributed by atoms with Gasteiger partial charge in [0.25, 0.3) is 0 Å². The lowest BCUT2D eigenvalue weighted by Crippen LogP contribution is -2.40. The number of benzene rings is 3. The molecule has 3 nitrogen and oxygen atoms in total. The van der Waals surface area contributed by atoms with E-state index in [0.717, 1.165) is 74.0 Å². The minimum Gasteiger partial charge on any atom is -0.508 e. The van der Waals surface area contributed by atoms with Gasteiger partial charge in [-0.3, -0.25) is 0 Å². The van der Waals surface area contributed by atoms with Crippen LogP contribution in [0.15, 0.2) is 78.9 Å². The largest absolute Gasteiger partial charge is 0.508 e. The van der Waals surface area contributed by atoms with Crippen LogP contribution in [0.2, 0.25) is 0 Å². The summed E-state index contributed by atoms with van der Waals surface area (Å²) in [6.07, 6.45) is 7.13. The second kappa shape index (κ2) is 12.7. The summed E-state index contributed by atoms with van der Waals surface area (Å²) in [5, 5.41) is 11.5. The molecule has 1 N–H and O–H groups in total. The maximum atomic E-state index is 11.5. The number of para-hydroxylation sites is 2. The second-order valence-electron chi connectivity index (χ2n) is 9.52. The molecule has 3 aromatic rings. The Morgan fingerprint density at radius 3 is 1.43 bits per heavy atom. The van der Waals surface area contributed by atoms with Crippen molar-refractivity contribution >= 4 is 0 Å². The third-order valence-electron chi connectivity index (χ3n) is 6.72. The first-order valence-electron chi connectivity index (χ1n) is 13.3. The Balaban J connectivity index is 2.27. The van der Waals surface area contributed by atoms with E-state index >= 15 is 0 Å². The molecule has 3 aromatic carbocycles. The number of hydrogen-bond acceptors (Lipinski definition) is 3. The van der Waals surface area contributed by atoms with Crippen molar-refractivity contribution in [1.82, 2.24) is 0 Å². The van der Waals surface area contributed by atoms with Crippen LogP contribution in [0.1, 0.15) is 90.2 Å². The number of aromatic hydroxyl groups is 1. The molecule has 0 saturated heterocycles. The third kappa shape index (κ3) is 6.20. The molecular weight excluding hydrogens is 432 g/mol. The van der Waals surface area contributed by atoms with Crippen molar-refractivity contribution in [2.75, 3.05) is 0 Å². The van der Waals surface area contributed by atoms with E-state index in [0.29, 0.717) is 0 Å². The molecule has 3 heteroatoms. The molecule has 0 spiro atoms. The van der Waals surface area contributed by atoms with Gasteiger partial charge in [-0.15, -0.1) is 0 Å². The van der Waals surface area contributed by atoms with Crippen molar-refractivity contribution in [3.63, 3.8) is 0 Å². The molecule has 0 fully saturated rings. The zero-order valence-electron chi connectivity index (χ0n) is 21.9. The predicted octanol–water partition coefficient (Wildman–Crippen LogP) is 9.14. The first-order chi connectivity index (χ1) is 17.0. The second-order valence-corrected chi connectivity index (χ2v) is 9.52. The van der Waals surface area contributed by atoms with Gasteiger partial charge in [-0.05, 0) is 56.0 Å². The Labute approximate surface area is 212 Å². The van der Waals surface area contributed by atoms with Crippen molar-refractivity contribution in [3.05, 3.63) is 90.0 Å². The van der Waals surface area contributed by atoms with E-state index in [2.05, 4.69) is 33.8 Å². The molecule has 0 aliphatic carbocycles. The van der Waals surface area contributed by atoms with E-state index in [-0.39, 0.29) is 5.75 Å². The van der Waals surface area contributed by atoms with Crippen LogP contribution in [-0.2, 0) is 11.2 Å². The Morgan fingerprint density at radius 2 is 0.971 bits per heavy atom. The van der Waals surface area contributed by atoms with Gasteiger partial charge in [0.1, 0.15) is 28.5 Å². The van der Waals surface area contributed by atoms with E-state index in [4.69, 9.17) is 9.47 Å². The lowest BCUT2D eigenvalue weighted by molar-refractivity contribution is 0.0187. The monoisotopic (exact) mass is 474 g/mol. The summed E-state index contributed by atoms with van der Waals surface area (Å²) in [7, 11) is 0. The number of rotatable bonds is 14. The number of hydrogen-bond donors (Lipinski definition) is 1. The van der Waals surface area contributed by atoms with Crippen LogP contribution in [0.3, 0.4) is 0 Å². The average molecular weight is 475 g/mol. The lowest BCUT2D eigenvalue weighted by Gasteiger charge is -2.42. The van der Waals surface area contributed by atoms with Gasteiger partial charge in [0.05, 0.1) is 0 Å². The topological polar surface area (TPSA) is 38.7 Å². The summed E-state index contributed by atoms with van der Waals surface area (Å²) >= 11 is 0. The van der Waals surface area contributed by atoms with Crippen LogP contribution in [0, 0.1) is 0 Å². The quantitative estimate of drug-likeness (QED) is 0.253. The molecule has 0 aliphatic heterocycles. The van der Waals surface area contributed by atoms with E-state index < -0.39 is 11.2 Å². The van der Waals surface area contributed by atoms with Gasteiger partial charge in [0, 0.05) is 11.1 Å². The van der Waals surface area contributed by atoms with Crippen LogP contribution in [-0.4, -0.2) is 5.11 Å². The Kier molecular flexibility index (Phi) is 9.65. The van der Waals surface area contributed by atoms with Gasteiger partial charge >= 0.3 is 0 Å². The first kappa shape index (κ1) is 26.7. The van der Waals surface area contributed by atoms with Crippen molar-refractivity contribution in [2.45, 2.75) is 90.3 Å². The minimum absolute atomic E-state index is 0.286. The molecule has 0 heterocycles. The Hall–Kier alpha value is -2.94. The van der Waals surface area contributed by atoms with Crippen LogP contribution in [0.5, 0.6) is 17.2 Å². The van der Waals surface area contributed by atoms with Crippen LogP contribution in [0.25, 0.3) is 0 Å². The molecule has 0 aromatic heterocycles. The molecule has 0 amide bonds. The highest BCUT2D eigenvalue weighted by Gasteiger charge is 2.44. The normalized spacial score (nSPS) is 11.9. The smallest absolute Gasteiger partial charge is 0.138 e. The molecule has 0 bridgehead atoms. The Morgan fingerprint density at radius 1 is 0.543 bits per heavy atom. The highest BCUT2D eigenvalue weighted by molar-refractivity contribution is 5.48. The summed E-state index contributed by atoms with van der Waals surface area (Å²) in [6.45, 7) is 8.77. The minimum atomic E-state index is -0.654. The summed E-state index contributed by atoms with van der Waals surface area (Å²) in [5.41, 5.74) is 0.706. The first-order valence-corrected chi connectivity index (χ1v) is 13.3. The van der Waals surface area contributed by atoms with Gasteiger partial charge in [-0.2, -0.15) is 0 Å². The fraction of sp³-hybridized carbons (Fsp3) is 0.438. The molecule has 35 heavy (non-hydrogen) atoms. The summed E-state index contributed by atoms with van der Waals surface area (Å²) in [6, 6.07) is 26.0. The molecule has 0 unspecified atom stereocenters. The lowest BCUT2D eigenvalue weighted by atomic mass is 9.74. The van der Waals surface area contributed by atoms with E-state index in [1.54, 1.807) is 6.07 Å². The molecule has 0 atom stereocenters. The number of phenols is 1. The van der Waals surface area contributed by atoms with E-state index in [1.807, 2.05) is 66.7 Å². The molecular formula is C32H42O3. The van der Waals surface area contributed by atoms with Gasteiger partial charge in [-0.1, -0.05) is 102 Å². The highest BCUT2D eigenvalue weighted by atomic mass is 16.5. The van der Waals surface area contributed by atoms with Crippen LogP contribution in [0.4, 0.5) is 0 Å². The fourth-order valence-electron chi connectivity index (χ4n) is 5.52. The van der Waals surface area contributed by atoms with Crippen molar-refractivity contribution in [3.8, 4) is 17.2 Å². The molecule has 0 aliphatic rings. The number of phenolic OH excluding ortho intramolecular Hbond substituents is 1. The summed E-state index contributed by atoms with van der Waals surface area (Å²) < 4.78 is 13.8. The maximum Gasteiger partial charge on any atom is 0.138 e. The van der Waals surface area contributed by atoms with E-state index in [9.17, 15) is 5.11 Å². The molecule has 188 valence electrons. The highest BCUT2D eigenvalue weighted by Crippen LogP contribution is 2.49. The van der Waals surface area contributed by atoms with Crippen molar-refractivity contribution in [1.29, 1.82) is 0 Å².